The van der Waals surface area contributed by atoms with E-state index in [2.05, 4.69) is 16.4 Å². The van der Waals surface area contributed by atoms with E-state index in [0.717, 1.165) is 5.56 Å². The normalized spacial score (nSPS) is 16.6. The molecule has 25 heavy (non-hydrogen) atoms. The Morgan fingerprint density at radius 3 is 2.84 bits per heavy atom. The van der Waals surface area contributed by atoms with Crippen LogP contribution in [0, 0.1) is 17.1 Å². The van der Waals surface area contributed by atoms with Gasteiger partial charge in [0.1, 0.15) is 17.4 Å². The van der Waals surface area contributed by atoms with Crippen LogP contribution in [0.3, 0.4) is 0 Å². The molecule has 0 bridgehead atoms. The molecule has 128 valence electrons. The summed E-state index contributed by atoms with van der Waals surface area (Å²) in [5.74, 6) is -0.0342. The lowest BCUT2D eigenvalue weighted by atomic mass is 10.2. The molecule has 1 aromatic heterocycles. The third-order valence-electron chi connectivity index (χ3n) is 4.08. The molecule has 0 unspecified atom stereocenters. The van der Waals surface area contributed by atoms with Gasteiger partial charge in [0.15, 0.2) is 0 Å². The Hall–Kier alpha value is -3.14. The fourth-order valence-electron chi connectivity index (χ4n) is 2.88. The number of benzene rings is 1. The molecule has 1 aromatic carbocycles. The van der Waals surface area contributed by atoms with Gasteiger partial charge in [-0.25, -0.2) is 9.37 Å². The molecule has 1 atom stereocenters. The molecule has 7 heteroatoms. The maximum Gasteiger partial charge on any atom is 0.233 e. The number of anilines is 1. The van der Waals surface area contributed by atoms with Gasteiger partial charge in [-0.2, -0.15) is 5.26 Å². The molecule has 1 N–H and O–H groups in total. The number of pyridine rings is 1. The van der Waals surface area contributed by atoms with Gasteiger partial charge < -0.3 is 15.0 Å². The summed E-state index contributed by atoms with van der Waals surface area (Å²) in [7, 11) is 1.45. The quantitative estimate of drug-likeness (QED) is 0.904. The first kappa shape index (κ1) is 16.7. The van der Waals surface area contributed by atoms with Crippen molar-refractivity contribution in [2.45, 2.75) is 19.0 Å². The zero-order valence-electron chi connectivity index (χ0n) is 13.7. The van der Waals surface area contributed by atoms with Gasteiger partial charge in [0.2, 0.25) is 11.8 Å². The van der Waals surface area contributed by atoms with Gasteiger partial charge >= 0.3 is 0 Å². The molecule has 2 aromatic rings. The van der Waals surface area contributed by atoms with Crippen molar-refractivity contribution in [1.29, 1.82) is 5.26 Å². The minimum Gasteiger partial charge on any atom is -0.480 e. The second kappa shape index (κ2) is 7.18. The number of rotatable bonds is 5. The topological polar surface area (TPSA) is 78.2 Å². The number of nitrogens with zero attached hydrogens (tertiary/aromatic N) is 3. The summed E-state index contributed by atoms with van der Waals surface area (Å²) in [5, 5.41) is 12.5. The zero-order chi connectivity index (χ0) is 17.8. The van der Waals surface area contributed by atoms with Crippen molar-refractivity contribution < 1.29 is 13.9 Å². The SMILES string of the molecule is COc1nccc(N[C@H]2CC(=O)N(Cc3ccc(F)cc3)C2)c1C#N. The van der Waals surface area contributed by atoms with Crippen molar-refractivity contribution >= 4 is 11.6 Å². The van der Waals surface area contributed by atoms with Crippen molar-refractivity contribution in [3.8, 4) is 11.9 Å². The molecule has 3 rings (SSSR count). The lowest BCUT2D eigenvalue weighted by molar-refractivity contribution is -0.128. The van der Waals surface area contributed by atoms with Gasteiger partial charge in [0, 0.05) is 25.7 Å². The van der Waals surface area contributed by atoms with E-state index < -0.39 is 0 Å². The van der Waals surface area contributed by atoms with Crippen LogP contribution in [0.2, 0.25) is 0 Å². The van der Waals surface area contributed by atoms with E-state index >= 15 is 0 Å². The first-order chi connectivity index (χ1) is 12.1. The molecule has 0 radical (unpaired) electrons. The predicted molar refractivity (Wildman–Crippen MR) is 89.3 cm³/mol. The number of nitriles is 1. The Bertz CT molecular complexity index is 817. The minimum absolute atomic E-state index is 0.0151. The van der Waals surface area contributed by atoms with E-state index in [4.69, 9.17) is 4.74 Å². The molecule has 1 fully saturated rings. The fourth-order valence-corrected chi connectivity index (χ4v) is 2.88. The van der Waals surface area contributed by atoms with Crippen LogP contribution in [0.5, 0.6) is 5.88 Å². The van der Waals surface area contributed by atoms with Crippen molar-refractivity contribution in [3.05, 3.63) is 53.5 Å². The first-order valence-corrected chi connectivity index (χ1v) is 7.82. The predicted octanol–water partition coefficient (Wildman–Crippen LogP) is 2.31. The van der Waals surface area contributed by atoms with Gasteiger partial charge in [0.25, 0.3) is 0 Å². The van der Waals surface area contributed by atoms with E-state index in [1.165, 1.54) is 19.2 Å². The number of methoxy groups -OCH3 is 1. The smallest absolute Gasteiger partial charge is 0.233 e. The van der Waals surface area contributed by atoms with E-state index in [-0.39, 0.29) is 23.6 Å². The molecule has 1 aliphatic rings. The van der Waals surface area contributed by atoms with Crippen molar-refractivity contribution in [3.63, 3.8) is 0 Å². The van der Waals surface area contributed by atoms with Crippen LogP contribution >= 0.6 is 0 Å². The molecule has 6 nitrogen and oxygen atoms in total. The molecule has 0 spiro atoms. The van der Waals surface area contributed by atoms with Crippen LogP contribution in [0.1, 0.15) is 17.5 Å². The number of hydrogen-bond donors (Lipinski definition) is 1. The molecule has 0 saturated carbocycles. The van der Waals surface area contributed by atoms with Crippen molar-refractivity contribution in [1.82, 2.24) is 9.88 Å². The number of halogens is 1. The average Bonchev–Trinajstić information content (AvgIpc) is 2.95. The van der Waals surface area contributed by atoms with Gasteiger partial charge in [-0.3, -0.25) is 4.79 Å². The molecular weight excluding hydrogens is 323 g/mol. The summed E-state index contributed by atoms with van der Waals surface area (Å²) in [5.41, 5.74) is 1.78. The summed E-state index contributed by atoms with van der Waals surface area (Å²) in [6.07, 6.45) is 1.88. The lowest BCUT2D eigenvalue weighted by Gasteiger charge is -2.18. The number of aromatic nitrogens is 1. The van der Waals surface area contributed by atoms with Crippen molar-refractivity contribution in [2.75, 3.05) is 19.0 Å². The Labute approximate surface area is 144 Å². The number of nitrogens with one attached hydrogen (secondary N) is 1. The fraction of sp³-hybridized carbons (Fsp3) is 0.278. The largest absolute Gasteiger partial charge is 0.480 e. The molecule has 1 aliphatic heterocycles. The maximum atomic E-state index is 13.0. The summed E-state index contributed by atoms with van der Waals surface area (Å²) in [6, 6.07) is 9.75. The van der Waals surface area contributed by atoms with Crippen LogP contribution in [0.25, 0.3) is 0 Å². The van der Waals surface area contributed by atoms with E-state index in [1.54, 1.807) is 29.3 Å². The molecule has 1 amide bonds. The highest BCUT2D eigenvalue weighted by Crippen LogP contribution is 2.26. The third-order valence-corrected chi connectivity index (χ3v) is 4.08. The minimum atomic E-state index is -0.299. The van der Waals surface area contributed by atoms with E-state index in [1.807, 2.05) is 0 Å². The highest BCUT2D eigenvalue weighted by molar-refractivity contribution is 5.80. The lowest BCUT2D eigenvalue weighted by Crippen LogP contribution is -2.27. The molecule has 1 saturated heterocycles. The van der Waals surface area contributed by atoms with Gasteiger partial charge in [-0.15, -0.1) is 0 Å². The first-order valence-electron chi connectivity index (χ1n) is 7.82. The van der Waals surface area contributed by atoms with Gasteiger partial charge in [0.05, 0.1) is 18.8 Å². The number of ether oxygens (including phenoxy) is 1. The number of hydrogen-bond acceptors (Lipinski definition) is 5. The Morgan fingerprint density at radius 1 is 1.40 bits per heavy atom. The van der Waals surface area contributed by atoms with Crippen LogP contribution in [-0.4, -0.2) is 35.5 Å². The number of carbonyl (C=O) groups is 1. The summed E-state index contributed by atoms with van der Waals surface area (Å²) >= 11 is 0. The number of likely N-dealkylation sites (tertiary alicyclic amines) is 1. The number of amides is 1. The van der Waals surface area contributed by atoms with Crippen LogP contribution in [0.15, 0.2) is 36.5 Å². The summed E-state index contributed by atoms with van der Waals surface area (Å²) in [4.78, 5) is 18.0. The van der Waals surface area contributed by atoms with Crippen LogP contribution in [0.4, 0.5) is 10.1 Å². The standard InChI is InChI=1S/C18H17FN4O2/c1-25-18-15(9-20)16(6-7-21-18)22-14-8-17(24)23(11-14)10-12-2-4-13(19)5-3-12/h2-7,14H,8,10-11H2,1H3,(H,21,22)/t14-/m0/s1. The number of carbonyl (C=O) groups excluding carboxylic acids is 1. The Morgan fingerprint density at radius 2 is 2.16 bits per heavy atom. The third kappa shape index (κ3) is 3.69. The Kier molecular flexibility index (Phi) is 4.80. The molecular formula is C18H17FN4O2. The second-order valence-corrected chi connectivity index (χ2v) is 5.80. The second-order valence-electron chi connectivity index (χ2n) is 5.80. The average molecular weight is 340 g/mol. The summed E-state index contributed by atoms with van der Waals surface area (Å²) < 4.78 is 18.1. The summed E-state index contributed by atoms with van der Waals surface area (Å²) in [6.45, 7) is 0.938. The van der Waals surface area contributed by atoms with Crippen LogP contribution < -0.4 is 10.1 Å². The van der Waals surface area contributed by atoms with Gasteiger partial charge in [-0.1, -0.05) is 12.1 Å². The Balaban J connectivity index is 1.69. The van der Waals surface area contributed by atoms with Gasteiger partial charge in [-0.05, 0) is 23.8 Å². The zero-order valence-corrected chi connectivity index (χ0v) is 13.7. The van der Waals surface area contributed by atoms with E-state index in [9.17, 15) is 14.4 Å². The van der Waals surface area contributed by atoms with Crippen molar-refractivity contribution in [2.24, 2.45) is 0 Å². The maximum absolute atomic E-state index is 13.0. The molecule has 2 heterocycles. The van der Waals surface area contributed by atoms with Crippen LogP contribution in [-0.2, 0) is 11.3 Å². The monoisotopic (exact) mass is 340 g/mol. The van der Waals surface area contributed by atoms with E-state index in [0.29, 0.717) is 30.8 Å². The molecule has 0 aliphatic carbocycles. The highest BCUT2D eigenvalue weighted by atomic mass is 19.1. The highest BCUT2D eigenvalue weighted by Gasteiger charge is 2.30.